The van der Waals surface area contributed by atoms with E-state index in [-0.39, 0.29) is 17.1 Å². The molecule has 0 saturated carbocycles. The van der Waals surface area contributed by atoms with Gasteiger partial charge < -0.3 is 14.9 Å². The van der Waals surface area contributed by atoms with Gasteiger partial charge in [-0.25, -0.2) is 4.79 Å². The first kappa shape index (κ1) is 14.4. The molecular formula is C14H20O4. The predicted molar refractivity (Wildman–Crippen MR) is 68.8 cm³/mol. The Kier molecular flexibility index (Phi) is 6.05. The predicted octanol–water partition coefficient (Wildman–Crippen LogP) is 3.23. The van der Waals surface area contributed by atoms with Crippen molar-refractivity contribution < 1.29 is 19.7 Å². The van der Waals surface area contributed by atoms with Gasteiger partial charge in [0.2, 0.25) is 0 Å². The zero-order valence-electron chi connectivity index (χ0n) is 10.7. The molecule has 0 spiro atoms. The molecule has 100 valence electrons. The highest BCUT2D eigenvalue weighted by atomic mass is 16.5. The van der Waals surface area contributed by atoms with E-state index in [1.807, 2.05) is 0 Å². The number of rotatable bonds is 7. The van der Waals surface area contributed by atoms with Crippen LogP contribution in [0.1, 0.15) is 49.4 Å². The van der Waals surface area contributed by atoms with Gasteiger partial charge in [0.1, 0.15) is 17.1 Å². The van der Waals surface area contributed by atoms with Crippen molar-refractivity contribution in [2.24, 2.45) is 0 Å². The van der Waals surface area contributed by atoms with Crippen LogP contribution in [0, 0.1) is 0 Å². The Morgan fingerprint density at radius 1 is 1.17 bits per heavy atom. The number of hydrogen-bond acceptors (Lipinski definition) is 4. The van der Waals surface area contributed by atoms with Crippen molar-refractivity contribution in [3.63, 3.8) is 0 Å². The molecule has 0 saturated heterocycles. The number of phenolic OH excluding ortho intramolecular Hbond substituents is 2. The van der Waals surface area contributed by atoms with Gasteiger partial charge in [0.05, 0.1) is 6.61 Å². The highest BCUT2D eigenvalue weighted by Crippen LogP contribution is 2.23. The molecule has 1 aromatic rings. The van der Waals surface area contributed by atoms with Gasteiger partial charge in [-0.15, -0.1) is 0 Å². The fraction of sp³-hybridized carbons (Fsp3) is 0.500. The summed E-state index contributed by atoms with van der Waals surface area (Å²) in [5.74, 6) is -0.891. The van der Waals surface area contributed by atoms with E-state index in [9.17, 15) is 9.90 Å². The van der Waals surface area contributed by atoms with Crippen LogP contribution in [0.4, 0.5) is 0 Å². The second-order valence-electron chi connectivity index (χ2n) is 4.25. The first-order valence-electron chi connectivity index (χ1n) is 6.34. The minimum atomic E-state index is -0.553. The van der Waals surface area contributed by atoms with Crippen LogP contribution in [0.15, 0.2) is 18.2 Å². The SMILES string of the molecule is CCCCCCCOC(=O)c1ccc(O)cc1O. The summed E-state index contributed by atoms with van der Waals surface area (Å²) in [6, 6.07) is 3.82. The smallest absolute Gasteiger partial charge is 0.341 e. The quantitative estimate of drug-likeness (QED) is 0.577. The largest absolute Gasteiger partial charge is 0.508 e. The topological polar surface area (TPSA) is 66.8 Å². The summed E-state index contributed by atoms with van der Waals surface area (Å²) in [7, 11) is 0. The molecule has 0 bridgehead atoms. The van der Waals surface area contributed by atoms with Gasteiger partial charge in [0.25, 0.3) is 0 Å². The lowest BCUT2D eigenvalue weighted by atomic mass is 10.1. The molecule has 4 nitrogen and oxygen atoms in total. The van der Waals surface area contributed by atoms with Gasteiger partial charge in [0.15, 0.2) is 0 Å². The number of benzene rings is 1. The molecule has 0 heterocycles. The van der Waals surface area contributed by atoms with Gasteiger partial charge in [0, 0.05) is 6.07 Å². The molecule has 18 heavy (non-hydrogen) atoms. The normalized spacial score (nSPS) is 10.3. The van der Waals surface area contributed by atoms with Crippen LogP contribution >= 0.6 is 0 Å². The minimum absolute atomic E-state index is 0.0800. The third kappa shape index (κ3) is 4.65. The molecule has 0 aliphatic heterocycles. The second kappa shape index (κ2) is 7.58. The lowest BCUT2D eigenvalue weighted by Gasteiger charge is -2.06. The second-order valence-corrected chi connectivity index (χ2v) is 4.25. The summed E-state index contributed by atoms with van der Waals surface area (Å²) < 4.78 is 5.05. The summed E-state index contributed by atoms with van der Waals surface area (Å²) in [5.41, 5.74) is 0.0846. The van der Waals surface area contributed by atoms with Gasteiger partial charge in [-0.1, -0.05) is 32.6 Å². The zero-order chi connectivity index (χ0) is 13.4. The Labute approximate surface area is 107 Å². The van der Waals surface area contributed by atoms with E-state index >= 15 is 0 Å². The van der Waals surface area contributed by atoms with E-state index in [0.29, 0.717) is 6.61 Å². The number of hydrogen-bond donors (Lipinski definition) is 2. The van der Waals surface area contributed by atoms with Crippen molar-refractivity contribution in [3.05, 3.63) is 23.8 Å². The third-order valence-electron chi connectivity index (χ3n) is 2.68. The molecule has 0 atom stereocenters. The lowest BCUT2D eigenvalue weighted by molar-refractivity contribution is 0.0494. The van der Waals surface area contributed by atoms with Crippen LogP contribution < -0.4 is 0 Å². The molecule has 0 aromatic heterocycles. The number of ether oxygens (including phenoxy) is 1. The van der Waals surface area contributed by atoms with Crippen molar-refractivity contribution in [2.45, 2.75) is 39.0 Å². The molecule has 4 heteroatoms. The average molecular weight is 252 g/mol. The summed E-state index contributed by atoms with van der Waals surface area (Å²) in [6.45, 7) is 2.51. The Morgan fingerprint density at radius 2 is 1.89 bits per heavy atom. The summed E-state index contributed by atoms with van der Waals surface area (Å²) in [6.07, 6.45) is 5.42. The monoisotopic (exact) mass is 252 g/mol. The Hall–Kier alpha value is -1.71. The van der Waals surface area contributed by atoms with E-state index in [2.05, 4.69) is 6.92 Å². The van der Waals surface area contributed by atoms with Crippen molar-refractivity contribution in [3.8, 4) is 11.5 Å². The first-order valence-corrected chi connectivity index (χ1v) is 6.34. The van der Waals surface area contributed by atoms with Crippen LogP contribution in [0.3, 0.4) is 0 Å². The highest BCUT2D eigenvalue weighted by Gasteiger charge is 2.12. The molecule has 0 unspecified atom stereocenters. The molecule has 0 amide bonds. The maximum absolute atomic E-state index is 11.6. The lowest BCUT2D eigenvalue weighted by Crippen LogP contribution is -2.06. The fourth-order valence-corrected chi connectivity index (χ4v) is 1.64. The molecular weight excluding hydrogens is 232 g/mol. The zero-order valence-corrected chi connectivity index (χ0v) is 10.7. The standard InChI is InChI=1S/C14H20O4/c1-2-3-4-5-6-9-18-14(17)12-8-7-11(15)10-13(12)16/h7-8,10,15-16H,2-6,9H2,1H3. The average Bonchev–Trinajstić information content (AvgIpc) is 2.33. The molecule has 0 aliphatic rings. The van der Waals surface area contributed by atoms with E-state index in [1.54, 1.807) is 0 Å². The number of carbonyl (C=O) groups excluding carboxylic acids is 1. The van der Waals surface area contributed by atoms with E-state index < -0.39 is 5.97 Å². The molecule has 0 radical (unpaired) electrons. The fourth-order valence-electron chi connectivity index (χ4n) is 1.64. The Balaban J connectivity index is 2.32. The molecule has 0 aliphatic carbocycles. The summed E-state index contributed by atoms with van der Waals surface area (Å²) >= 11 is 0. The van der Waals surface area contributed by atoms with E-state index in [1.165, 1.54) is 25.0 Å². The van der Waals surface area contributed by atoms with E-state index in [0.717, 1.165) is 25.3 Å². The number of phenols is 2. The number of aromatic hydroxyl groups is 2. The van der Waals surface area contributed by atoms with Gasteiger partial charge in [-0.2, -0.15) is 0 Å². The van der Waals surface area contributed by atoms with Crippen LogP contribution in [-0.2, 0) is 4.74 Å². The van der Waals surface area contributed by atoms with Gasteiger partial charge in [-0.05, 0) is 18.6 Å². The first-order chi connectivity index (χ1) is 8.65. The number of unbranched alkanes of at least 4 members (excludes halogenated alkanes) is 4. The third-order valence-corrected chi connectivity index (χ3v) is 2.68. The van der Waals surface area contributed by atoms with Crippen LogP contribution in [0.5, 0.6) is 11.5 Å². The van der Waals surface area contributed by atoms with Crippen molar-refractivity contribution >= 4 is 5.97 Å². The van der Waals surface area contributed by atoms with Crippen molar-refractivity contribution in [1.82, 2.24) is 0 Å². The van der Waals surface area contributed by atoms with Crippen LogP contribution in [-0.4, -0.2) is 22.8 Å². The van der Waals surface area contributed by atoms with Gasteiger partial charge in [-0.3, -0.25) is 0 Å². The van der Waals surface area contributed by atoms with Gasteiger partial charge >= 0.3 is 5.97 Å². The van der Waals surface area contributed by atoms with Crippen LogP contribution in [0.2, 0.25) is 0 Å². The summed E-state index contributed by atoms with van der Waals surface area (Å²) in [4.78, 5) is 11.6. The Morgan fingerprint density at radius 3 is 2.56 bits per heavy atom. The molecule has 1 rings (SSSR count). The van der Waals surface area contributed by atoms with E-state index in [4.69, 9.17) is 9.84 Å². The maximum Gasteiger partial charge on any atom is 0.341 e. The maximum atomic E-state index is 11.6. The highest BCUT2D eigenvalue weighted by molar-refractivity contribution is 5.92. The van der Waals surface area contributed by atoms with Crippen molar-refractivity contribution in [1.29, 1.82) is 0 Å². The van der Waals surface area contributed by atoms with Crippen molar-refractivity contribution in [2.75, 3.05) is 6.61 Å². The number of esters is 1. The summed E-state index contributed by atoms with van der Waals surface area (Å²) in [5, 5.41) is 18.6. The van der Waals surface area contributed by atoms with Crippen LogP contribution in [0.25, 0.3) is 0 Å². The molecule has 0 fully saturated rings. The molecule has 2 N–H and O–H groups in total. The number of carbonyl (C=O) groups is 1. The Bertz CT molecular complexity index is 387. The minimum Gasteiger partial charge on any atom is -0.508 e. The molecule has 1 aromatic carbocycles.